The highest BCUT2D eigenvalue weighted by atomic mass is 16.6. The minimum atomic E-state index is -0.236. The molecule has 0 aromatic rings. The summed E-state index contributed by atoms with van der Waals surface area (Å²) in [7, 11) is 0. The third kappa shape index (κ3) is 0.962. The molecule has 0 aromatic heterocycles. The first-order valence-corrected chi connectivity index (χ1v) is 2.34. The maximum Gasteiger partial charge on any atom is 0.308 e. The third-order valence-corrected chi connectivity index (χ3v) is 1.02. The lowest BCUT2D eigenvalue weighted by Gasteiger charge is -1.97. The number of hydrogen-bond donors (Lipinski definition) is 1. The second-order valence-electron chi connectivity index (χ2n) is 1.65. The predicted octanol–water partition coefficient (Wildman–Crippen LogP) is -0.808. The summed E-state index contributed by atoms with van der Waals surface area (Å²) < 4.78 is 4.51. The molecule has 8 heavy (non-hydrogen) atoms. The summed E-state index contributed by atoms with van der Waals surface area (Å²) >= 11 is 0. The van der Waals surface area contributed by atoms with Crippen molar-refractivity contribution < 1.29 is 14.4 Å². The molecule has 4 heteroatoms. The Kier molecular flexibility index (Phi) is 1.45. The van der Waals surface area contributed by atoms with Crippen LogP contribution in [0, 0.1) is 0 Å². The summed E-state index contributed by atoms with van der Waals surface area (Å²) in [5.74, 6) is 4.53. The molecule has 1 aliphatic heterocycles. The lowest BCUT2D eigenvalue weighted by molar-refractivity contribution is -0.137. The van der Waals surface area contributed by atoms with Gasteiger partial charge in [-0.05, 0) is 0 Å². The van der Waals surface area contributed by atoms with Gasteiger partial charge >= 0.3 is 5.97 Å². The zero-order chi connectivity index (χ0) is 5.98. The normalized spacial score (nSPS) is 28.1. The topological polar surface area (TPSA) is 61.6 Å². The van der Waals surface area contributed by atoms with Crippen LogP contribution in [0.25, 0.3) is 0 Å². The van der Waals surface area contributed by atoms with Crippen molar-refractivity contribution in [1.82, 2.24) is 0 Å². The van der Waals surface area contributed by atoms with E-state index in [1.165, 1.54) is 0 Å². The second kappa shape index (κ2) is 2.11. The van der Waals surface area contributed by atoms with Crippen LogP contribution < -0.4 is 5.90 Å². The van der Waals surface area contributed by atoms with E-state index in [-0.39, 0.29) is 18.5 Å². The van der Waals surface area contributed by atoms with Crippen molar-refractivity contribution in [1.29, 1.82) is 0 Å². The van der Waals surface area contributed by atoms with E-state index in [1.54, 1.807) is 0 Å². The van der Waals surface area contributed by atoms with Gasteiger partial charge in [0.25, 0.3) is 0 Å². The standard InChI is InChI=1S/C4H7NO3/c5-8-3-1-4(6)7-2-3/h3H,1-2,5H2. The molecule has 1 unspecified atom stereocenters. The van der Waals surface area contributed by atoms with Crippen molar-refractivity contribution in [2.24, 2.45) is 5.90 Å². The van der Waals surface area contributed by atoms with E-state index in [0.717, 1.165) is 0 Å². The molecule has 0 spiro atoms. The minimum Gasteiger partial charge on any atom is -0.463 e. The fourth-order valence-electron chi connectivity index (χ4n) is 0.577. The van der Waals surface area contributed by atoms with Gasteiger partial charge in [-0.25, -0.2) is 5.90 Å². The summed E-state index contributed by atoms with van der Waals surface area (Å²) in [6.07, 6.45) is 0.0683. The number of esters is 1. The molecule has 2 N–H and O–H groups in total. The van der Waals surface area contributed by atoms with Crippen molar-refractivity contribution >= 4 is 5.97 Å². The van der Waals surface area contributed by atoms with Gasteiger partial charge in [0.05, 0.1) is 6.42 Å². The molecular weight excluding hydrogens is 110 g/mol. The summed E-state index contributed by atoms with van der Waals surface area (Å²) in [6.45, 7) is 0.301. The van der Waals surface area contributed by atoms with Crippen molar-refractivity contribution in [3.63, 3.8) is 0 Å². The maximum absolute atomic E-state index is 10.3. The molecule has 0 bridgehead atoms. The van der Waals surface area contributed by atoms with E-state index < -0.39 is 0 Å². The van der Waals surface area contributed by atoms with Crippen molar-refractivity contribution in [3.05, 3.63) is 0 Å². The monoisotopic (exact) mass is 117 g/mol. The maximum atomic E-state index is 10.3. The van der Waals surface area contributed by atoms with Gasteiger partial charge in [0.2, 0.25) is 0 Å². The molecule has 46 valence electrons. The average molecular weight is 117 g/mol. The van der Waals surface area contributed by atoms with Crippen molar-refractivity contribution in [2.45, 2.75) is 12.5 Å². The Morgan fingerprint density at radius 1 is 1.88 bits per heavy atom. The molecule has 1 rings (SSSR count). The predicted molar refractivity (Wildman–Crippen MR) is 24.6 cm³/mol. The molecule has 0 radical (unpaired) electrons. The molecular formula is C4H7NO3. The highest BCUT2D eigenvalue weighted by Gasteiger charge is 2.23. The van der Waals surface area contributed by atoms with Crippen LogP contribution in [0.5, 0.6) is 0 Å². The first-order chi connectivity index (χ1) is 3.83. The third-order valence-electron chi connectivity index (χ3n) is 1.02. The van der Waals surface area contributed by atoms with Crippen molar-refractivity contribution in [2.75, 3.05) is 6.61 Å². The van der Waals surface area contributed by atoms with E-state index in [2.05, 4.69) is 9.57 Å². The zero-order valence-electron chi connectivity index (χ0n) is 4.29. The van der Waals surface area contributed by atoms with Crippen LogP contribution in [0.15, 0.2) is 0 Å². The van der Waals surface area contributed by atoms with Crippen LogP contribution >= 0.6 is 0 Å². The summed E-state index contributed by atoms with van der Waals surface area (Å²) in [4.78, 5) is 14.6. The summed E-state index contributed by atoms with van der Waals surface area (Å²) in [5, 5.41) is 0. The Labute approximate surface area is 46.5 Å². The number of cyclic esters (lactones) is 1. The lowest BCUT2D eigenvalue weighted by Crippen LogP contribution is -2.16. The van der Waals surface area contributed by atoms with Gasteiger partial charge in [0, 0.05) is 0 Å². The van der Waals surface area contributed by atoms with E-state index in [9.17, 15) is 4.79 Å². The van der Waals surface area contributed by atoms with E-state index in [4.69, 9.17) is 5.90 Å². The molecule has 0 aliphatic carbocycles. The van der Waals surface area contributed by atoms with Crippen molar-refractivity contribution in [3.8, 4) is 0 Å². The minimum absolute atomic E-state index is 0.220. The highest BCUT2D eigenvalue weighted by Crippen LogP contribution is 2.06. The summed E-state index contributed by atoms with van der Waals surface area (Å²) in [6, 6.07) is 0. The van der Waals surface area contributed by atoms with E-state index in [0.29, 0.717) is 6.61 Å². The Balaban J connectivity index is 2.32. The Bertz CT molecular complexity index is 103. The van der Waals surface area contributed by atoms with Crippen LogP contribution in [-0.2, 0) is 14.4 Å². The number of nitrogens with two attached hydrogens (primary N) is 1. The molecule has 1 aliphatic rings. The van der Waals surface area contributed by atoms with Gasteiger partial charge in [-0.15, -0.1) is 0 Å². The molecule has 0 aromatic carbocycles. The molecule has 0 saturated carbocycles. The smallest absolute Gasteiger partial charge is 0.308 e. The molecule has 1 heterocycles. The summed E-state index contributed by atoms with van der Waals surface area (Å²) in [5.41, 5.74) is 0. The molecule has 1 saturated heterocycles. The Morgan fingerprint density at radius 2 is 2.62 bits per heavy atom. The number of rotatable bonds is 1. The molecule has 1 fully saturated rings. The zero-order valence-corrected chi connectivity index (χ0v) is 4.29. The van der Waals surface area contributed by atoms with Gasteiger partial charge < -0.3 is 4.74 Å². The Morgan fingerprint density at radius 3 is 2.88 bits per heavy atom. The largest absolute Gasteiger partial charge is 0.463 e. The fraction of sp³-hybridized carbons (Fsp3) is 0.750. The first kappa shape index (κ1) is 5.53. The first-order valence-electron chi connectivity index (χ1n) is 2.34. The molecule has 1 atom stereocenters. The fourth-order valence-corrected chi connectivity index (χ4v) is 0.577. The number of ether oxygens (including phenoxy) is 1. The van der Waals surface area contributed by atoms with Crippen LogP contribution in [0.4, 0.5) is 0 Å². The quantitative estimate of drug-likeness (QED) is 0.360. The van der Waals surface area contributed by atoms with Gasteiger partial charge in [-0.2, -0.15) is 0 Å². The second-order valence-corrected chi connectivity index (χ2v) is 1.65. The SMILES string of the molecule is NOC1COC(=O)C1. The van der Waals surface area contributed by atoms with Gasteiger partial charge in [0.1, 0.15) is 12.7 Å². The van der Waals surface area contributed by atoms with Crippen LogP contribution in [0.3, 0.4) is 0 Å². The number of hydrogen-bond acceptors (Lipinski definition) is 4. The van der Waals surface area contributed by atoms with E-state index in [1.807, 2.05) is 0 Å². The van der Waals surface area contributed by atoms with Crippen LogP contribution in [-0.4, -0.2) is 18.7 Å². The number of carbonyl (C=O) groups excluding carboxylic acids is 1. The van der Waals surface area contributed by atoms with Crippen LogP contribution in [0.2, 0.25) is 0 Å². The lowest BCUT2D eigenvalue weighted by atomic mass is 10.3. The van der Waals surface area contributed by atoms with Gasteiger partial charge in [-0.1, -0.05) is 0 Å². The van der Waals surface area contributed by atoms with Gasteiger partial charge in [0.15, 0.2) is 0 Å². The average Bonchev–Trinajstić information content (AvgIpc) is 2.14. The molecule has 4 nitrogen and oxygen atoms in total. The molecule has 0 amide bonds. The number of carbonyl (C=O) groups is 1. The van der Waals surface area contributed by atoms with Gasteiger partial charge in [-0.3, -0.25) is 9.63 Å². The van der Waals surface area contributed by atoms with Crippen LogP contribution in [0.1, 0.15) is 6.42 Å². The highest BCUT2D eigenvalue weighted by molar-refractivity contribution is 5.71. The Hall–Kier alpha value is -0.610. The van der Waals surface area contributed by atoms with E-state index >= 15 is 0 Å².